The van der Waals surface area contributed by atoms with Crippen molar-refractivity contribution < 1.29 is 0 Å². The third kappa shape index (κ3) is 5.55. The molecule has 0 amide bonds. The van der Waals surface area contributed by atoms with Gasteiger partial charge in [-0.25, -0.2) is 4.98 Å². The number of nitrogens with zero attached hydrogens (tertiary/aromatic N) is 3. The second kappa shape index (κ2) is 12.4. The van der Waals surface area contributed by atoms with Gasteiger partial charge in [-0.15, -0.1) is 0 Å². The molecular weight excluding hydrogens is 631 g/mol. The van der Waals surface area contributed by atoms with E-state index in [9.17, 15) is 0 Å². The Hall–Kier alpha value is -6.97. The highest BCUT2D eigenvalue weighted by molar-refractivity contribution is 5.92. The number of hydrogen-bond donors (Lipinski definition) is 0. The molecule has 0 saturated carbocycles. The zero-order chi connectivity index (χ0) is 34.4. The average molecular weight is 662 g/mol. The largest absolute Gasteiger partial charge is 0.256 e. The summed E-state index contributed by atoms with van der Waals surface area (Å²) in [6.07, 6.45) is 3.95. The second-order valence-electron chi connectivity index (χ2n) is 13.4. The highest BCUT2D eigenvalue weighted by Crippen LogP contribution is 2.37. The zero-order valence-corrected chi connectivity index (χ0v) is 28.2. The van der Waals surface area contributed by atoms with Crippen molar-refractivity contribution in [1.82, 2.24) is 15.0 Å². The first-order valence-corrected chi connectivity index (χ1v) is 17.6. The van der Waals surface area contributed by atoms with Gasteiger partial charge in [-0.05, 0) is 111 Å². The van der Waals surface area contributed by atoms with Gasteiger partial charge in [-0.3, -0.25) is 9.97 Å². The summed E-state index contributed by atoms with van der Waals surface area (Å²) in [7, 11) is 0. The Morgan fingerprint density at radius 2 is 0.654 bits per heavy atom. The highest BCUT2D eigenvalue weighted by atomic mass is 14.7. The molecule has 7 aromatic carbocycles. The molecule has 0 aliphatic rings. The van der Waals surface area contributed by atoms with E-state index < -0.39 is 0 Å². The van der Waals surface area contributed by atoms with Crippen LogP contribution in [0, 0.1) is 0 Å². The van der Waals surface area contributed by atoms with E-state index in [-0.39, 0.29) is 0 Å². The molecule has 0 atom stereocenters. The molecule has 3 heteroatoms. The average Bonchev–Trinajstić information content (AvgIpc) is 3.22. The first-order chi connectivity index (χ1) is 25.7. The topological polar surface area (TPSA) is 38.7 Å². The molecular formula is C49H31N3. The summed E-state index contributed by atoms with van der Waals surface area (Å²) in [5.74, 6) is 0. The summed E-state index contributed by atoms with van der Waals surface area (Å²) >= 11 is 0. The molecule has 0 bridgehead atoms. The van der Waals surface area contributed by atoms with Gasteiger partial charge < -0.3 is 0 Å². The molecule has 3 nitrogen and oxygen atoms in total. The molecule has 0 unspecified atom stereocenters. The predicted molar refractivity (Wildman–Crippen MR) is 217 cm³/mol. The van der Waals surface area contributed by atoms with Crippen molar-refractivity contribution in [2.45, 2.75) is 0 Å². The van der Waals surface area contributed by atoms with Crippen LogP contribution >= 0.6 is 0 Å². The predicted octanol–water partition coefficient (Wildman–Crippen LogP) is 12.8. The number of hydrogen-bond acceptors (Lipinski definition) is 3. The minimum atomic E-state index is 0.902. The number of aromatic nitrogens is 3. The maximum absolute atomic E-state index is 5.41. The number of para-hydroxylation sites is 2. The van der Waals surface area contributed by atoms with E-state index in [1.807, 2.05) is 24.5 Å². The molecule has 3 aromatic heterocycles. The Kier molecular flexibility index (Phi) is 7.14. The van der Waals surface area contributed by atoms with E-state index in [1.165, 1.54) is 21.5 Å². The number of benzene rings is 7. The summed E-state index contributed by atoms with van der Waals surface area (Å²) in [5.41, 5.74) is 12.4. The van der Waals surface area contributed by atoms with Crippen molar-refractivity contribution in [3.8, 4) is 55.9 Å². The molecule has 0 aliphatic heterocycles. The van der Waals surface area contributed by atoms with E-state index in [2.05, 4.69) is 164 Å². The molecule has 0 N–H and O–H groups in total. The number of pyridine rings is 3. The molecule has 10 aromatic rings. The van der Waals surface area contributed by atoms with Gasteiger partial charge in [-0.1, -0.05) is 109 Å². The molecule has 0 fully saturated rings. The van der Waals surface area contributed by atoms with E-state index >= 15 is 0 Å². The van der Waals surface area contributed by atoms with E-state index in [0.29, 0.717) is 0 Å². The Bertz CT molecular complexity index is 2580. The van der Waals surface area contributed by atoms with Crippen LogP contribution < -0.4 is 0 Å². The van der Waals surface area contributed by atoms with Crippen LogP contribution in [0.4, 0.5) is 0 Å². The van der Waals surface area contributed by atoms with E-state index in [4.69, 9.17) is 15.0 Å². The SMILES string of the molecule is c1ccc2cc(-c3cc(-c4cc(-c5cnc6ccccc6c5)cc(-c5cnc6ccccc6c5)c4)nc(-c4ccc5ccccc5c4)c3)ccc2c1. The van der Waals surface area contributed by atoms with Gasteiger partial charge in [0.05, 0.1) is 22.4 Å². The Labute approximate surface area is 301 Å². The summed E-state index contributed by atoms with van der Waals surface area (Å²) in [6.45, 7) is 0. The lowest BCUT2D eigenvalue weighted by molar-refractivity contribution is 1.32. The van der Waals surface area contributed by atoms with Gasteiger partial charge in [0.1, 0.15) is 0 Å². The number of fused-ring (bicyclic) bond motifs is 4. The summed E-state index contributed by atoms with van der Waals surface area (Å²) in [5, 5.41) is 7.05. The van der Waals surface area contributed by atoms with Gasteiger partial charge in [0.2, 0.25) is 0 Å². The zero-order valence-electron chi connectivity index (χ0n) is 28.2. The quantitative estimate of drug-likeness (QED) is 0.184. The van der Waals surface area contributed by atoms with Crippen LogP contribution in [0.15, 0.2) is 188 Å². The van der Waals surface area contributed by atoms with E-state index in [1.54, 1.807) is 0 Å². The maximum Gasteiger partial charge on any atom is 0.0716 e. The fraction of sp³-hybridized carbons (Fsp3) is 0. The third-order valence-corrected chi connectivity index (χ3v) is 10.0. The van der Waals surface area contributed by atoms with Crippen LogP contribution in [0.3, 0.4) is 0 Å². The van der Waals surface area contributed by atoms with Crippen molar-refractivity contribution in [2.75, 3.05) is 0 Å². The fourth-order valence-electron chi connectivity index (χ4n) is 7.28. The summed E-state index contributed by atoms with van der Waals surface area (Å²) < 4.78 is 0. The van der Waals surface area contributed by atoms with Crippen molar-refractivity contribution >= 4 is 43.4 Å². The Morgan fingerprint density at radius 1 is 0.250 bits per heavy atom. The van der Waals surface area contributed by atoms with Gasteiger partial charge >= 0.3 is 0 Å². The van der Waals surface area contributed by atoms with Crippen LogP contribution in [0.25, 0.3) is 99.2 Å². The first-order valence-electron chi connectivity index (χ1n) is 17.6. The molecule has 52 heavy (non-hydrogen) atoms. The summed E-state index contributed by atoms with van der Waals surface area (Å²) in [4.78, 5) is 15.1. The standard InChI is InChI=1S/C49H31N3/c1-3-11-34-21-36(19-17-32(34)9-1)42-28-48(39-20-18-33-10-2-4-12-35(33)22-39)52-49(29-42)43-26-40(44-23-37-13-5-7-15-46(37)50-30-44)25-41(27-43)45-24-38-14-6-8-16-47(38)51-31-45/h1-31H. The molecule has 0 spiro atoms. The molecule has 0 aliphatic carbocycles. The van der Waals surface area contributed by atoms with Crippen LogP contribution in [0.1, 0.15) is 0 Å². The minimum Gasteiger partial charge on any atom is -0.256 e. The van der Waals surface area contributed by atoms with Gasteiger partial charge in [0.25, 0.3) is 0 Å². The third-order valence-electron chi connectivity index (χ3n) is 10.0. The number of rotatable bonds is 5. The smallest absolute Gasteiger partial charge is 0.0716 e. The van der Waals surface area contributed by atoms with Crippen molar-refractivity contribution in [3.63, 3.8) is 0 Å². The molecule has 10 rings (SSSR count). The minimum absolute atomic E-state index is 0.902. The molecule has 242 valence electrons. The van der Waals surface area contributed by atoms with Crippen molar-refractivity contribution in [3.05, 3.63) is 188 Å². The van der Waals surface area contributed by atoms with Crippen LogP contribution in [0.2, 0.25) is 0 Å². The Morgan fingerprint density at radius 3 is 1.23 bits per heavy atom. The van der Waals surface area contributed by atoms with Crippen LogP contribution in [-0.2, 0) is 0 Å². The second-order valence-corrected chi connectivity index (χ2v) is 13.4. The van der Waals surface area contributed by atoms with Gasteiger partial charge in [-0.2, -0.15) is 0 Å². The molecule has 3 heterocycles. The molecule has 0 saturated heterocycles. The summed E-state index contributed by atoms with van der Waals surface area (Å²) in [6, 6.07) is 62.5. The van der Waals surface area contributed by atoms with Crippen LogP contribution in [-0.4, -0.2) is 15.0 Å². The normalized spacial score (nSPS) is 11.5. The van der Waals surface area contributed by atoms with Gasteiger partial charge in [0.15, 0.2) is 0 Å². The Balaban J connectivity index is 1.21. The monoisotopic (exact) mass is 661 g/mol. The van der Waals surface area contributed by atoms with Gasteiger partial charge in [0, 0.05) is 45.4 Å². The van der Waals surface area contributed by atoms with Crippen molar-refractivity contribution in [2.24, 2.45) is 0 Å². The molecule has 0 radical (unpaired) electrons. The van der Waals surface area contributed by atoms with E-state index in [0.717, 1.165) is 77.7 Å². The highest BCUT2D eigenvalue weighted by Gasteiger charge is 2.14. The van der Waals surface area contributed by atoms with Crippen molar-refractivity contribution in [1.29, 1.82) is 0 Å². The van der Waals surface area contributed by atoms with Crippen LogP contribution in [0.5, 0.6) is 0 Å². The lowest BCUT2D eigenvalue weighted by atomic mass is 9.93. The maximum atomic E-state index is 5.41. The first kappa shape index (κ1) is 29.9. The lowest BCUT2D eigenvalue weighted by Crippen LogP contribution is -1.94. The fourth-order valence-corrected chi connectivity index (χ4v) is 7.28. The lowest BCUT2D eigenvalue weighted by Gasteiger charge is -2.14.